The second kappa shape index (κ2) is 29.7. The van der Waals surface area contributed by atoms with Crippen LogP contribution in [0.3, 0.4) is 0 Å². The largest absolute Gasteiger partial charge is 0.481 e. The Morgan fingerprint density at radius 3 is 1.25 bits per heavy atom. The number of methoxy groups -OCH3 is 1. The summed E-state index contributed by atoms with van der Waals surface area (Å²) in [6.45, 7) is 6.08. The van der Waals surface area contributed by atoms with E-state index in [1.807, 2.05) is 0 Å². The van der Waals surface area contributed by atoms with Gasteiger partial charge in [-0.2, -0.15) is 0 Å². The summed E-state index contributed by atoms with van der Waals surface area (Å²) in [4.78, 5) is 19.6. The third-order valence-corrected chi connectivity index (χ3v) is 6.33. The summed E-state index contributed by atoms with van der Waals surface area (Å²) in [5.74, 6) is -1.63. The van der Waals surface area contributed by atoms with Gasteiger partial charge in [0.1, 0.15) is 0 Å². The maximum absolute atomic E-state index is 10.3. The molecule has 8 nitrogen and oxygen atoms in total. The lowest BCUT2D eigenvalue weighted by Crippen LogP contribution is -2.44. The van der Waals surface area contributed by atoms with E-state index in [9.17, 15) is 9.59 Å². The molecular formula is C28H56O8. The molecule has 1 atom stereocenters. The van der Waals surface area contributed by atoms with Crippen molar-refractivity contribution in [2.45, 2.75) is 123 Å². The van der Waals surface area contributed by atoms with Gasteiger partial charge < -0.3 is 30.3 Å². The number of carboxylic acids is 2. The van der Waals surface area contributed by atoms with Gasteiger partial charge in [-0.1, -0.05) is 103 Å². The lowest BCUT2D eigenvalue weighted by molar-refractivity contribution is -0.137. The van der Waals surface area contributed by atoms with Crippen LogP contribution in [0.4, 0.5) is 0 Å². The Balaban J connectivity index is -0.000000566. The molecule has 0 spiro atoms. The topological polar surface area (TPSA) is 145 Å². The maximum Gasteiger partial charge on any atom is 0.327 e. The molecule has 0 fully saturated rings. The van der Waals surface area contributed by atoms with Crippen molar-refractivity contribution in [3.63, 3.8) is 0 Å². The minimum atomic E-state index is -0.981. The standard InChI is InChI=1S/C18H36O2.C7H16O4.C3H4O2/c1-2-3-4-5-6-7-8-9-10-11-12-13-14-15-16-17-18(19)20;1-6(11-2)7(3-8,4-9)5-10;1-2-3(4)5/h2-17H2,1H3,(H,19,20);6,8-10H,3-5H2,1-2H3;2H,1H2,(H,4,5). The molecule has 0 bridgehead atoms. The summed E-state index contributed by atoms with van der Waals surface area (Å²) in [5.41, 5.74) is -0.922. The van der Waals surface area contributed by atoms with E-state index in [2.05, 4.69) is 13.5 Å². The van der Waals surface area contributed by atoms with Crippen LogP contribution in [0, 0.1) is 5.41 Å². The van der Waals surface area contributed by atoms with E-state index in [4.69, 9.17) is 30.3 Å². The average molecular weight is 521 g/mol. The monoisotopic (exact) mass is 520 g/mol. The fourth-order valence-corrected chi connectivity index (χ4v) is 3.43. The fourth-order valence-electron chi connectivity index (χ4n) is 3.43. The number of carboxylic acid groups (broad SMARTS) is 2. The molecule has 0 aliphatic carbocycles. The number of hydrogen-bond acceptors (Lipinski definition) is 6. The molecule has 0 radical (unpaired) electrons. The average Bonchev–Trinajstić information content (AvgIpc) is 2.88. The van der Waals surface area contributed by atoms with E-state index in [1.165, 1.54) is 90.6 Å². The van der Waals surface area contributed by atoms with Gasteiger partial charge >= 0.3 is 11.9 Å². The number of aliphatic hydroxyl groups excluding tert-OH is 3. The lowest BCUT2D eigenvalue weighted by atomic mass is 9.85. The lowest BCUT2D eigenvalue weighted by Gasteiger charge is -2.32. The third-order valence-electron chi connectivity index (χ3n) is 6.33. The SMILES string of the molecule is C=CC(=O)O.CCCCCCCCCCCCCCCCCC(=O)O.COC(C)C(CO)(CO)CO. The van der Waals surface area contributed by atoms with Crippen LogP contribution < -0.4 is 0 Å². The Labute approximate surface area is 219 Å². The first-order chi connectivity index (χ1) is 17.2. The smallest absolute Gasteiger partial charge is 0.327 e. The van der Waals surface area contributed by atoms with Crippen LogP contribution in [0.25, 0.3) is 0 Å². The van der Waals surface area contributed by atoms with Crippen LogP contribution in [0.15, 0.2) is 12.7 Å². The summed E-state index contributed by atoms with van der Waals surface area (Å²) in [6, 6.07) is 0. The quantitative estimate of drug-likeness (QED) is 0.0919. The molecule has 8 heteroatoms. The molecule has 216 valence electrons. The van der Waals surface area contributed by atoms with E-state index in [1.54, 1.807) is 6.92 Å². The molecule has 0 aromatic heterocycles. The van der Waals surface area contributed by atoms with Crippen LogP contribution in [0.2, 0.25) is 0 Å². The minimum absolute atomic E-state index is 0.283. The van der Waals surface area contributed by atoms with E-state index in [0.717, 1.165) is 18.9 Å². The van der Waals surface area contributed by atoms with E-state index >= 15 is 0 Å². The molecule has 0 rings (SSSR count). The molecule has 0 aromatic carbocycles. The van der Waals surface area contributed by atoms with Gasteiger partial charge in [0.2, 0.25) is 0 Å². The second-order valence-electron chi connectivity index (χ2n) is 9.35. The fraction of sp³-hybridized carbons (Fsp3) is 0.857. The minimum Gasteiger partial charge on any atom is -0.481 e. The van der Waals surface area contributed by atoms with Crippen molar-refractivity contribution in [2.24, 2.45) is 5.41 Å². The highest BCUT2D eigenvalue weighted by Gasteiger charge is 2.34. The zero-order valence-corrected chi connectivity index (χ0v) is 23.3. The van der Waals surface area contributed by atoms with Gasteiger partial charge in [0.05, 0.1) is 31.3 Å². The van der Waals surface area contributed by atoms with Gasteiger partial charge in [0.15, 0.2) is 0 Å². The predicted molar refractivity (Wildman–Crippen MR) is 145 cm³/mol. The van der Waals surface area contributed by atoms with Crippen LogP contribution in [0.1, 0.15) is 117 Å². The zero-order valence-electron chi connectivity index (χ0n) is 23.3. The normalized spacial score (nSPS) is 11.5. The number of hydrogen-bond donors (Lipinski definition) is 5. The van der Waals surface area contributed by atoms with Gasteiger partial charge in [0, 0.05) is 19.6 Å². The Morgan fingerprint density at radius 2 is 1.06 bits per heavy atom. The molecule has 0 aliphatic heterocycles. The summed E-state index contributed by atoms with van der Waals surface area (Å²) in [7, 11) is 1.47. The highest BCUT2D eigenvalue weighted by atomic mass is 16.5. The molecule has 36 heavy (non-hydrogen) atoms. The van der Waals surface area contributed by atoms with Gasteiger partial charge in [-0.15, -0.1) is 0 Å². The number of ether oxygens (including phenoxy) is 1. The first-order valence-corrected chi connectivity index (χ1v) is 13.6. The molecule has 0 aromatic rings. The predicted octanol–water partition coefficient (Wildman–Crippen LogP) is 5.57. The summed E-state index contributed by atoms with van der Waals surface area (Å²) >= 11 is 0. The molecule has 0 saturated heterocycles. The van der Waals surface area contributed by atoms with Gasteiger partial charge in [-0.05, 0) is 13.3 Å². The number of aliphatic carboxylic acids is 2. The number of carbonyl (C=O) groups is 2. The van der Waals surface area contributed by atoms with Crippen LogP contribution >= 0.6 is 0 Å². The van der Waals surface area contributed by atoms with Crippen LogP contribution in [-0.2, 0) is 14.3 Å². The molecular weight excluding hydrogens is 464 g/mol. The molecule has 0 amide bonds. The number of aliphatic hydroxyl groups is 3. The summed E-state index contributed by atoms with van der Waals surface area (Å²) in [6.07, 6.45) is 20.7. The summed E-state index contributed by atoms with van der Waals surface area (Å²) in [5, 5.41) is 42.8. The Morgan fingerprint density at radius 1 is 0.750 bits per heavy atom. The molecule has 5 N–H and O–H groups in total. The van der Waals surface area contributed by atoms with Crippen LogP contribution in [0.5, 0.6) is 0 Å². The van der Waals surface area contributed by atoms with Crippen molar-refractivity contribution in [3.05, 3.63) is 12.7 Å². The number of unbranched alkanes of at least 4 members (excludes halogenated alkanes) is 14. The zero-order chi connectivity index (χ0) is 28.1. The van der Waals surface area contributed by atoms with E-state index in [0.29, 0.717) is 6.42 Å². The maximum atomic E-state index is 10.3. The van der Waals surface area contributed by atoms with Crippen molar-refractivity contribution in [1.29, 1.82) is 0 Å². The summed E-state index contributed by atoms with van der Waals surface area (Å²) < 4.78 is 4.91. The van der Waals surface area contributed by atoms with Gasteiger partial charge in [0.25, 0.3) is 0 Å². The Hall–Kier alpha value is -1.48. The Kier molecular flexibility index (Phi) is 32.3. The van der Waals surface area contributed by atoms with Crippen molar-refractivity contribution < 1.29 is 39.9 Å². The molecule has 0 heterocycles. The van der Waals surface area contributed by atoms with E-state index in [-0.39, 0.29) is 25.9 Å². The highest BCUT2D eigenvalue weighted by molar-refractivity contribution is 5.78. The third kappa shape index (κ3) is 27.1. The van der Waals surface area contributed by atoms with Crippen molar-refractivity contribution in [1.82, 2.24) is 0 Å². The molecule has 0 saturated carbocycles. The van der Waals surface area contributed by atoms with Crippen LogP contribution in [-0.4, -0.2) is 70.5 Å². The molecule has 1 unspecified atom stereocenters. The first kappa shape index (κ1) is 39.0. The van der Waals surface area contributed by atoms with Crippen molar-refractivity contribution >= 4 is 11.9 Å². The Bertz CT molecular complexity index is 484. The second-order valence-corrected chi connectivity index (χ2v) is 9.35. The van der Waals surface area contributed by atoms with Crippen molar-refractivity contribution in [3.8, 4) is 0 Å². The molecule has 0 aliphatic rings. The van der Waals surface area contributed by atoms with Gasteiger partial charge in [-0.3, -0.25) is 4.79 Å². The number of rotatable bonds is 22. The van der Waals surface area contributed by atoms with Gasteiger partial charge in [-0.25, -0.2) is 4.79 Å². The highest BCUT2D eigenvalue weighted by Crippen LogP contribution is 2.22. The first-order valence-electron chi connectivity index (χ1n) is 13.6. The van der Waals surface area contributed by atoms with Crippen molar-refractivity contribution in [2.75, 3.05) is 26.9 Å². The van der Waals surface area contributed by atoms with E-state index < -0.39 is 17.4 Å².